The van der Waals surface area contributed by atoms with E-state index >= 15 is 0 Å². The number of carbonyl (C=O) groups is 1. The van der Waals surface area contributed by atoms with Gasteiger partial charge in [0.15, 0.2) is 5.79 Å². The molecule has 8 nitrogen and oxygen atoms in total. The van der Waals surface area contributed by atoms with Gasteiger partial charge in [-0.15, -0.1) is 0 Å². The number of rotatable bonds is 3. The average Bonchev–Trinajstić information content (AvgIpc) is 2.90. The van der Waals surface area contributed by atoms with Crippen molar-refractivity contribution >= 4 is 15.9 Å². The number of benzene rings is 1. The number of sulfone groups is 1. The van der Waals surface area contributed by atoms with Crippen LogP contribution in [0.25, 0.3) is 0 Å². The number of aliphatic hydroxyl groups is 1. The molecule has 1 heterocycles. The highest BCUT2D eigenvalue weighted by Gasteiger charge is 2.52. The summed E-state index contributed by atoms with van der Waals surface area (Å²) in [6.45, 7) is 8.48. The summed E-state index contributed by atoms with van der Waals surface area (Å²) in [5.74, 6) is -1.01. The van der Waals surface area contributed by atoms with E-state index in [1.807, 2.05) is 0 Å². The van der Waals surface area contributed by atoms with Crippen molar-refractivity contribution in [1.29, 1.82) is 0 Å². The molecule has 0 saturated carbocycles. The molecule has 0 radical (unpaired) electrons. The Morgan fingerprint density at radius 1 is 1.17 bits per heavy atom. The molecule has 1 aromatic rings. The van der Waals surface area contributed by atoms with Crippen molar-refractivity contribution in [3.63, 3.8) is 0 Å². The molecule has 2 aliphatic rings. The topological polar surface area (TPSA) is 111 Å². The lowest BCUT2D eigenvalue weighted by Gasteiger charge is -2.35. The predicted molar refractivity (Wildman–Crippen MR) is 105 cm³/mol. The van der Waals surface area contributed by atoms with Crippen LogP contribution >= 0.6 is 0 Å². The molecule has 160 valence electrons. The summed E-state index contributed by atoms with van der Waals surface area (Å²) < 4.78 is 43.2. The van der Waals surface area contributed by atoms with Crippen LogP contribution in [0.15, 0.2) is 46.2 Å². The summed E-state index contributed by atoms with van der Waals surface area (Å²) in [5, 5.41) is 13.5. The molecular formula is C20H27NO7S. The Morgan fingerprint density at radius 3 is 2.38 bits per heavy atom. The maximum atomic E-state index is 13.1. The average molecular weight is 426 g/mol. The third kappa shape index (κ3) is 4.63. The molecule has 0 aromatic heterocycles. The molecule has 1 aliphatic carbocycles. The number of hydrogen-bond acceptors (Lipinski definition) is 7. The normalized spacial score (nSPS) is 29.0. The van der Waals surface area contributed by atoms with E-state index in [1.54, 1.807) is 52.8 Å². The summed E-state index contributed by atoms with van der Waals surface area (Å²) in [7, 11) is -4.01. The van der Waals surface area contributed by atoms with Gasteiger partial charge in [0.05, 0.1) is 15.8 Å². The van der Waals surface area contributed by atoms with Gasteiger partial charge in [0.1, 0.15) is 23.9 Å². The first-order chi connectivity index (χ1) is 13.3. The summed E-state index contributed by atoms with van der Waals surface area (Å²) >= 11 is 0. The van der Waals surface area contributed by atoms with Crippen LogP contribution < -0.4 is 5.32 Å². The molecular weight excluding hydrogens is 398 g/mol. The van der Waals surface area contributed by atoms with E-state index in [1.165, 1.54) is 18.2 Å². The largest absolute Gasteiger partial charge is 0.444 e. The van der Waals surface area contributed by atoms with Crippen LogP contribution in [0.3, 0.4) is 0 Å². The number of fused-ring (bicyclic) bond motifs is 1. The quantitative estimate of drug-likeness (QED) is 0.763. The predicted octanol–water partition coefficient (Wildman–Crippen LogP) is 2.13. The van der Waals surface area contributed by atoms with Crippen LogP contribution in [0, 0.1) is 0 Å². The molecule has 4 atom stereocenters. The highest BCUT2D eigenvalue weighted by molar-refractivity contribution is 7.95. The highest BCUT2D eigenvalue weighted by atomic mass is 32.2. The minimum atomic E-state index is -4.01. The summed E-state index contributed by atoms with van der Waals surface area (Å²) in [6.07, 6.45) is -2.50. The molecule has 1 fully saturated rings. The zero-order valence-electron chi connectivity index (χ0n) is 17.1. The van der Waals surface area contributed by atoms with Gasteiger partial charge in [-0.05, 0) is 52.8 Å². The number of hydrogen-bond donors (Lipinski definition) is 2. The third-order valence-corrected chi connectivity index (χ3v) is 6.42. The lowest BCUT2D eigenvalue weighted by atomic mass is 9.93. The van der Waals surface area contributed by atoms with Crippen LogP contribution in [0.2, 0.25) is 0 Å². The standard InChI is InChI=1S/C20H27NO7S/c1-19(2,3)28-18(23)21-15-16(22)14(11-13-17(15)27-20(4,5)26-13)29(24,25)12-9-7-6-8-10-12/h6-11,13,15-17,22H,1-5H3,(H,21,23)/t13-,15+,16-,17-/m0/s1. The SMILES string of the molecule is CC(C)(C)OC(=O)N[C@H]1[C@H]2OC(C)(C)O[C@H]2C=C(S(=O)(=O)c2ccccc2)[C@@H]1O. The van der Waals surface area contributed by atoms with Gasteiger partial charge >= 0.3 is 6.09 Å². The van der Waals surface area contributed by atoms with E-state index in [2.05, 4.69) is 5.32 Å². The van der Waals surface area contributed by atoms with E-state index in [4.69, 9.17) is 14.2 Å². The monoisotopic (exact) mass is 425 g/mol. The van der Waals surface area contributed by atoms with Crippen molar-refractivity contribution in [2.45, 2.75) is 75.3 Å². The first-order valence-electron chi connectivity index (χ1n) is 9.35. The number of ether oxygens (including phenoxy) is 3. The van der Waals surface area contributed by atoms with Gasteiger partial charge in [0.2, 0.25) is 9.84 Å². The Morgan fingerprint density at radius 2 is 1.79 bits per heavy atom. The van der Waals surface area contributed by atoms with Crippen molar-refractivity contribution < 1.29 is 32.5 Å². The minimum absolute atomic E-state index is 0.0398. The highest BCUT2D eigenvalue weighted by Crippen LogP contribution is 2.39. The van der Waals surface area contributed by atoms with E-state index in [9.17, 15) is 18.3 Å². The zero-order valence-corrected chi connectivity index (χ0v) is 17.9. The first-order valence-corrected chi connectivity index (χ1v) is 10.8. The smallest absolute Gasteiger partial charge is 0.408 e. The molecule has 29 heavy (non-hydrogen) atoms. The van der Waals surface area contributed by atoms with E-state index in [0.717, 1.165) is 0 Å². The van der Waals surface area contributed by atoms with Crippen molar-refractivity contribution in [2.75, 3.05) is 0 Å². The van der Waals surface area contributed by atoms with E-state index < -0.39 is 51.7 Å². The van der Waals surface area contributed by atoms with Crippen molar-refractivity contribution in [3.05, 3.63) is 41.3 Å². The van der Waals surface area contributed by atoms with Gasteiger partial charge < -0.3 is 24.6 Å². The van der Waals surface area contributed by atoms with Gasteiger partial charge in [0.25, 0.3) is 0 Å². The van der Waals surface area contributed by atoms with Crippen LogP contribution in [-0.2, 0) is 24.0 Å². The first kappa shape index (κ1) is 21.8. The summed E-state index contributed by atoms with van der Waals surface area (Å²) in [6, 6.07) is 6.71. The van der Waals surface area contributed by atoms with Crippen molar-refractivity contribution in [1.82, 2.24) is 5.32 Å². The number of nitrogens with one attached hydrogen (secondary N) is 1. The number of aliphatic hydroxyl groups excluding tert-OH is 1. The lowest BCUT2D eigenvalue weighted by Crippen LogP contribution is -2.58. The fourth-order valence-corrected chi connectivity index (χ4v) is 5.00. The Hall–Kier alpha value is -1.94. The second-order valence-corrected chi connectivity index (χ2v) is 10.5. The second-order valence-electron chi connectivity index (χ2n) is 8.57. The molecule has 3 rings (SSSR count). The van der Waals surface area contributed by atoms with Crippen LogP contribution in [0.4, 0.5) is 4.79 Å². The van der Waals surface area contributed by atoms with Crippen LogP contribution in [-0.4, -0.2) is 55.4 Å². The molecule has 1 aliphatic heterocycles. The van der Waals surface area contributed by atoms with Crippen molar-refractivity contribution in [2.24, 2.45) is 0 Å². The zero-order chi connectivity index (χ0) is 21.6. The fourth-order valence-electron chi connectivity index (χ4n) is 3.43. The molecule has 0 spiro atoms. The maximum absolute atomic E-state index is 13.1. The molecule has 0 bridgehead atoms. The van der Waals surface area contributed by atoms with Crippen LogP contribution in [0.5, 0.6) is 0 Å². The number of carbonyl (C=O) groups excluding carboxylic acids is 1. The van der Waals surface area contributed by atoms with E-state index in [0.29, 0.717) is 0 Å². The Kier molecular flexibility index (Phi) is 5.55. The van der Waals surface area contributed by atoms with Gasteiger partial charge in [-0.2, -0.15) is 0 Å². The van der Waals surface area contributed by atoms with E-state index in [-0.39, 0.29) is 9.80 Å². The number of amides is 1. The van der Waals surface area contributed by atoms with Gasteiger partial charge in [-0.3, -0.25) is 0 Å². The summed E-state index contributed by atoms with van der Waals surface area (Å²) in [4.78, 5) is 12.1. The van der Waals surface area contributed by atoms with Crippen molar-refractivity contribution in [3.8, 4) is 0 Å². The maximum Gasteiger partial charge on any atom is 0.408 e. The van der Waals surface area contributed by atoms with Crippen LogP contribution in [0.1, 0.15) is 34.6 Å². The Labute approximate surface area is 170 Å². The molecule has 9 heteroatoms. The van der Waals surface area contributed by atoms with Gasteiger partial charge in [0, 0.05) is 0 Å². The Balaban J connectivity index is 1.98. The lowest BCUT2D eigenvalue weighted by molar-refractivity contribution is -0.147. The molecule has 1 amide bonds. The molecule has 0 unspecified atom stereocenters. The molecule has 1 saturated heterocycles. The van der Waals surface area contributed by atoms with Gasteiger partial charge in [-0.25, -0.2) is 13.2 Å². The fraction of sp³-hybridized carbons (Fsp3) is 0.550. The summed E-state index contributed by atoms with van der Waals surface area (Å²) in [5.41, 5.74) is -0.760. The third-order valence-electron chi connectivity index (χ3n) is 4.52. The second kappa shape index (κ2) is 7.39. The Bertz CT molecular complexity index is 903. The van der Waals surface area contributed by atoms with Gasteiger partial charge in [-0.1, -0.05) is 18.2 Å². The number of alkyl carbamates (subject to hydrolysis) is 1. The molecule has 2 N–H and O–H groups in total. The minimum Gasteiger partial charge on any atom is -0.444 e. The molecule has 1 aromatic carbocycles.